The molecule has 138 valence electrons. The average Bonchev–Trinajstić information content (AvgIpc) is 3.05. The molecule has 0 aliphatic rings. The predicted octanol–water partition coefficient (Wildman–Crippen LogP) is 4.62. The molecule has 0 aliphatic heterocycles. The lowest BCUT2D eigenvalue weighted by Gasteiger charge is -2.09. The first-order valence-electron chi connectivity index (χ1n) is 8.30. The van der Waals surface area contributed by atoms with Crippen LogP contribution in [0.5, 0.6) is 0 Å². The van der Waals surface area contributed by atoms with Gasteiger partial charge in [-0.25, -0.2) is 0 Å². The number of rotatable bonds is 3. The summed E-state index contributed by atoms with van der Waals surface area (Å²) in [6, 6.07) is 18.9. The van der Waals surface area contributed by atoms with Gasteiger partial charge >= 0.3 is 0 Å². The Kier molecular flexibility index (Phi) is 4.46. The standard InChI is InChI=1S/C20H13N3O4S/c24-19(15-6-1-3-7-16(15)23(25)26)22-20(28)21-12-9-10-14-13-5-2-4-8-17(13)27-18(14)11-12/h1-11H,(H2,21,22,24,28). The maximum atomic E-state index is 12.3. The molecule has 1 amide bonds. The highest BCUT2D eigenvalue weighted by molar-refractivity contribution is 7.80. The van der Waals surface area contributed by atoms with Gasteiger partial charge in [-0.15, -0.1) is 0 Å². The molecule has 3 aromatic carbocycles. The Labute approximate surface area is 164 Å². The lowest BCUT2D eigenvalue weighted by molar-refractivity contribution is -0.385. The number of carbonyl (C=O) groups excluding carboxylic acids is 1. The van der Waals surface area contributed by atoms with Gasteiger partial charge in [-0.1, -0.05) is 30.3 Å². The number of fused-ring (bicyclic) bond motifs is 3. The fraction of sp³-hybridized carbons (Fsp3) is 0. The molecular weight excluding hydrogens is 378 g/mol. The fourth-order valence-electron chi connectivity index (χ4n) is 2.96. The van der Waals surface area contributed by atoms with Gasteiger partial charge in [0.15, 0.2) is 5.11 Å². The second kappa shape index (κ2) is 7.09. The Morgan fingerprint density at radius 1 is 0.964 bits per heavy atom. The Balaban J connectivity index is 1.53. The van der Waals surface area contributed by atoms with Crippen LogP contribution in [-0.2, 0) is 0 Å². The average molecular weight is 391 g/mol. The van der Waals surface area contributed by atoms with Gasteiger partial charge in [0.2, 0.25) is 0 Å². The van der Waals surface area contributed by atoms with Crippen LogP contribution in [0.25, 0.3) is 21.9 Å². The third-order valence-electron chi connectivity index (χ3n) is 4.21. The molecule has 1 aromatic heterocycles. The minimum Gasteiger partial charge on any atom is -0.456 e. The van der Waals surface area contributed by atoms with Crippen molar-refractivity contribution in [3.8, 4) is 0 Å². The van der Waals surface area contributed by atoms with Gasteiger partial charge in [-0.2, -0.15) is 0 Å². The van der Waals surface area contributed by atoms with Crippen LogP contribution in [-0.4, -0.2) is 15.9 Å². The fourth-order valence-corrected chi connectivity index (χ4v) is 3.17. The summed E-state index contributed by atoms with van der Waals surface area (Å²) in [5.41, 5.74) is 1.73. The second-order valence-electron chi connectivity index (χ2n) is 5.99. The number of nitro groups is 1. The van der Waals surface area contributed by atoms with Crippen LogP contribution in [0.3, 0.4) is 0 Å². The number of nitro benzene ring substituents is 1. The molecule has 0 bridgehead atoms. The molecule has 0 atom stereocenters. The van der Waals surface area contributed by atoms with E-state index in [0.29, 0.717) is 11.3 Å². The zero-order chi connectivity index (χ0) is 19.7. The van der Waals surface area contributed by atoms with Crippen LogP contribution in [0, 0.1) is 10.1 Å². The summed E-state index contributed by atoms with van der Waals surface area (Å²) in [5.74, 6) is -0.658. The monoisotopic (exact) mass is 391 g/mol. The maximum absolute atomic E-state index is 12.3. The quantitative estimate of drug-likeness (QED) is 0.300. The molecule has 8 heteroatoms. The summed E-state index contributed by atoms with van der Waals surface area (Å²) in [5, 5.41) is 18.4. The first-order valence-corrected chi connectivity index (χ1v) is 8.71. The first kappa shape index (κ1) is 17.6. The van der Waals surface area contributed by atoms with Crippen molar-refractivity contribution in [2.75, 3.05) is 5.32 Å². The number of nitrogens with one attached hydrogen (secondary N) is 2. The van der Waals surface area contributed by atoms with Crippen molar-refractivity contribution in [3.63, 3.8) is 0 Å². The smallest absolute Gasteiger partial charge is 0.282 e. The molecule has 28 heavy (non-hydrogen) atoms. The normalized spacial score (nSPS) is 10.7. The Hall–Kier alpha value is -3.78. The van der Waals surface area contributed by atoms with E-state index in [4.69, 9.17) is 16.6 Å². The van der Waals surface area contributed by atoms with Crippen molar-refractivity contribution in [2.24, 2.45) is 0 Å². The largest absolute Gasteiger partial charge is 0.456 e. The minimum absolute atomic E-state index is 0.0265. The SMILES string of the molecule is O=C(NC(=S)Nc1ccc2c(c1)oc1ccccc12)c1ccccc1[N+](=O)[O-]. The molecule has 0 fully saturated rings. The van der Waals surface area contributed by atoms with Crippen molar-refractivity contribution in [2.45, 2.75) is 0 Å². The van der Waals surface area contributed by atoms with Gasteiger partial charge in [0, 0.05) is 28.6 Å². The Bertz CT molecular complexity index is 1250. The first-order chi connectivity index (χ1) is 13.5. The van der Waals surface area contributed by atoms with E-state index in [9.17, 15) is 14.9 Å². The van der Waals surface area contributed by atoms with Crippen molar-refractivity contribution in [1.82, 2.24) is 5.32 Å². The lowest BCUT2D eigenvalue weighted by Crippen LogP contribution is -2.34. The zero-order valence-corrected chi connectivity index (χ0v) is 15.2. The van der Waals surface area contributed by atoms with Crippen molar-refractivity contribution >= 4 is 56.6 Å². The highest BCUT2D eigenvalue weighted by Gasteiger charge is 2.20. The van der Waals surface area contributed by atoms with Crippen LogP contribution in [0.2, 0.25) is 0 Å². The highest BCUT2D eigenvalue weighted by atomic mass is 32.1. The number of hydrogen-bond donors (Lipinski definition) is 2. The van der Waals surface area contributed by atoms with E-state index in [1.54, 1.807) is 12.1 Å². The lowest BCUT2D eigenvalue weighted by atomic mass is 10.1. The number of thiocarbonyl (C=S) groups is 1. The molecule has 0 saturated heterocycles. The second-order valence-corrected chi connectivity index (χ2v) is 6.40. The summed E-state index contributed by atoms with van der Waals surface area (Å²) in [4.78, 5) is 22.8. The van der Waals surface area contributed by atoms with E-state index < -0.39 is 10.8 Å². The highest BCUT2D eigenvalue weighted by Crippen LogP contribution is 2.30. The van der Waals surface area contributed by atoms with Crippen LogP contribution < -0.4 is 10.6 Å². The number of hydrogen-bond acceptors (Lipinski definition) is 5. The van der Waals surface area contributed by atoms with Gasteiger partial charge in [0.25, 0.3) is 11.6 Å². The molecule has 4 aromatic rings. The molecular formula is C20H13N3O4S. The molecule has 0 radical (unpaired) electrons. The number of furan rings is 1. The number of anilines is 1. The Morgan fingerprint density at radius 2 is 1.68 bits per heavy atom. The molecule has 0 unspecified atom stereocenters. The molecule has 0 saturated carbocycles. The van der Waals surface area contributed by atoms with Crippen molar-refractivity contribution in [3.05, 3.63) is 82.4 Å². The third-order valence-corrected chi connectivity index (χ3v) is 4.41. The van der Waals surface area contributed by atoms with Gasteiger partial charge in [-0.05, 0) is 36.5 Å². The van der Waals surface area contributed by atoms with E-state index in [1.807, 2.05) is 36.4 Å². The minimum atomic E-state index is -0.658. The summed E-state index contributed by atoms with van der Waals surface area (Å²) in [6.07, 6.45) is 0. The van der Waals surface area contributed by atoms with Crippen LogP contribution in [0.1, 0.15) is 10.4 Å². The van der Waals surface area contributed by atoms with Gasteiger partial charge in [-0.3, -0.25) is 20.2 Å². The summed E-state index contributed by atoms with van der Waals surface area (Å²) < 4.78 is 5.82. The van der Waals surface area contributed by atoms with E-state index in [0.717, 1.165) is 16.4 Å². The van der Waals surface area contributed by atoms with Crippen LogP contribution in [0.15, 0.2) is 71.1 Å². The molecule has 2 N–H and O–H groups in total. The van der Waals surface area contributed by atoms with E-state index >= 15 is 0 Å². The van der Waals surface area contributed by atoms with Crippen LogP contribution >= 0.6 is 12.2 Å². The maximum Gasteiger partial charge on any atom is 0.282 e. The third kappa shape index (κ3) is 3.28. The number of carbonyl (C=O) groups is 1. The van der Waals surface area contributed by atoms with Gasteiger partial charge in [0.1, 0.15) is 16.7 Å². The van der Waals surface area contributed by atoms with Crippen LogP contribution in [0.4, 0.5) is 11.4 Å². The van der Waals surface area contributed by atoms with E-state index in [2.05, 4.69) is 10.6 Å². The van der Waals surface area contributed by atoms with Crippen molar-refractivity contribution < 1.29 is 14.1 Å². The number of amides is 1. The number of para-hydroxylation sites is 2. The van der Waals surface area contributed by atoms with E-state index in [1.165, 1.54) is 18.2 Å². The molecule has 7 nitrogen and oxygen atoms in total. The molecule has 0 aliphatic carbocycles. The zero-order valence-electron chi connectivity index (χ0n) is 14.3. The Morgan fingerprint density at radius 3 is 2.50 bits per heavy atom. The van der Waals surface area contributed by atoms with Gasteiger partial charge in [0.05, 0.1) is 4.92 Å². The molecule has 0 spiro atoms. The van der Waals surface area contributed by atoms with Gasteiger partial charge < -0.3 is 9.73 Å². The van der Waals surface area contributed by atoms with E-state index in [-0.39, 0.29) is 16.4 Å². The summed E-state index contributed by atoms with van der Waals surface area (Å²) in [6.45, 7) is 0. The topological polar surface area (TPSA) is 97.4 Å². The summed E-state index contributed by atoms with van der Waals surface area (Å²) >= 11 is 5.16. The molecule has 4 rings (SSSR count). The summed E-state index contributed by atoms with van der Waals surface area (Å²) in [7, 11) is 0. The predicted molar refractivity (Wildman–Crippen MR) is 111 cm³/mol. The van der Waals surface area contributed by atoms with Crippen molar-refractivity contribution in [1.29, 1.82) is 0 Å². The number of nitrogens with zero attached hydrogens (tertiary/aromatic N) is 1. The number of benzene rings is 3. The molecule has 1 heterocycles.